The van der Waals surface area contributed by atoms with Crippen molar-refractivity contribution in [3.8, 4) is 11.5 Å². The number of rotatable bonds is 5. The van der Waals surface area contributed by atoms with E-state index in [1.807, 2.05) is 6.07 Å². The first kappa shape index (κ1) is 12.9. The lowest BCUT2D eigenvalue weighted by molar-refractivity contribution is 0.373. The summed E-state index contributed by atoms with van der Waals surface area (Å²) in [7, 11) is 1.55. The van der Waals surface area contributed by atoms with Crippen molar-refractivity contribution >= 4 is 11.3 Å². The van der Waals surface area contributed by atoms with Crippen LogP contribution in [-0.2, 0) is 6.54 Å². The van der Waals surface area contributed by atoms with Gasteiger partial charge in [-0.25, -0.2) is 0 Å². The van der Waals surface area contributed by atoms with Crippen LogP contribution in [-0.4, -0.2) is 12.2 Å². The van der Waals surface area contributed by atoms with E-state index in [1.54, 1.807) is 30.6 Å². The lowest BCUT2D eigenvalue weighted by Gasteiger charge is -2.12. The van der Waals surface area contributed by atoms with Crippen LogP contribution in [0.25, 0.3) is 0 Å². The maximum absolute atomic E-state index is 9.69. The van der Waals surface area contributed by atoms with Crippen LogP contribution in [0.2, 0.25) is 0 Å². The second kappa shape index (κ2) is 5.89. The van der Waals surface area contributed by atoms with Crippen LogP contribution in [0.15, 0.2) is 35.7 Å². The van der Waals surface area contributed by atoms with Gasteiger partial charge >= 0.3 is 0 Å². The van der Waals surface area contributed by atoms with E-state index in [9.17, 15) is 5.11 Å². The molecule has 0 saturated heterocycles. The molecular formula is C14H17NO2S. The summed E-state index contributed by atoms with van der Waals surface area (Å²) in [6, 6.07) is 9.95. The Hall–Kier alpha value is -1.52. The number of hydrogen-bond donors (Lipinski definition) is 2. The molecule has 1 aromatic heterocycles. The Labute approximate surface area is 111 Å². The summed E-state index contributed by atoms with van der Waals surface area (Å²) >= 11 is 1.74. The number of nitrogens with one attached hydrogen (secondary N) is 1. The number of ether oxygens (including phenoxy) is 1. The van der Waals surface area contributed by atoms with Crippen molar-refractivity contribution in [1.82, 2.24) is 5.32 Å². The van der Waals surface area contributed by atoms with Gasteiger partial charge < -0.3 is 15.2 Å². The third-order valence-corrected chi connectivity index (χ3v) is 3.88. The molecule has 18 heavy (non-hydrogen) atoms. The first-order chi connectivity index (χ1) is 8.70. The highest BCUT2D eigenvalue weighted by Crippen LogP contribution is 2.26. The number of phenolic OH excluding ortho intramolecular Hbond substituents is 1. The maximum atomic E-state index is 9.69. The van der Waals surface area contributed by atoms with Gasteiger partial charge in [-0.15, -0.1) is 11.3 Å². The predicted molar refractivity (Wildman–Crippen MR) is 74.2 cm³/mol. The van der Waals surface area contributed by atoms with Gasteiger partial charge in [-0.05, 0) is 36.1 Å². The number of thiophene rings is 1. The van der Waals surface area contributed by atoms with Gasteiger partial charge in [0.1, 0.15) is 0 Å². The monoisotopic (exact) mass is 263 g/mol. The average molecular weight is 263 g/mol. The molecule has 0 spiro atoms. The smallest absolute Gasteiger partial charge is 0.160 e. The number of aromatic hydroxyl groups is 1. The summed E-state index contributed by atoms with van der Waals surface area (Å²) in [5, 5.41) is 15.2. The molecule has 0 amide bonds. The van der Waals surface area contributed by atoms with Crippen LogP contribution >= 0.6 is 11.3 Å². The fraction of sp³-hybridized carbons (Fsp3) is 0.286. The molecule has 0 fully saturated rings. The highest BCUT2D eigenvalue weighted by atomic mass is 32.1. The second-order valence-corrected chi connectivity index (χ2v) is 5.10. The Bertz CT molecular complexity index is 497. The minimum Gasteiger partial charge on any atom is -0.504 e. The summed E-state index contributed by atoms with van der Waals surface area (Å²) in [6.45, 7) is 2.85. The molecule has 0 radical (unpaired) electrons. The van der Waals surface area contributed by atoms with Crippen LogP contribution in [0, 0.1) is 0 Å². The minimum absolute atomic E-state index is 0.181. The van der Waals surface area contributed by atoms with Gasteiger partial charge in [0.2, 0.25) is 0 Å². The fourth-order valence-electron chi connectivity index (χ4n) is 1.75. The largest absolute Gasteiger partial charge is 0.504 e. The molecule has 1 aromatic carbocycles. The average Bonchev–Trinajstić information content (AvgIpc) is 2.90. The maximum Gasteiger partial charge on any atom is 0.160 e. The molecule has 2 N–H and O–H groups in total. The lowest BCUT2D eigenvalue weighted by Crippen LogP contribution is -2.17. The van der Waals surface area contributed by atoms with E-state index in [0.717, 1.165) is 12.1 Å². The quantitative estimate of drug-likeness (QED) is 0.869. The Morgan fingerprint density at radius 1 is 1.39 bits per heavy atom. The zero-order valence-corrected chi connectivity index (χ0v) is 11.3. The van der Waals surface area contributed by atoms with Crippen molar-refractivity contribution in [2.45, 2.75) is 19.5 Å². The van der Waals surface area contributed by atoms with Crippen LogP contribution in [0.4, 0.5) is 0 Å². The van der Waals surface area contributed by atoms with Crippen LogP contribution < -0.4 is 10.1 Å². The summed E-state index contributed by atoms with van der Waals surface area (Å²) in [4.78, 5) is 1.31. The molecule has 1 unspecified atom stereocenters. The second-order valence-electron chi connectivity index (χ2n) is 4.12. The molecule has 2 aromatic rings. The van der Waals surface area contributed by atoms with Gasteiger partial charge in [0.05, 0.1) is 7.11 Å². The number of hydrogen-bond acceptors (Lipinski definition) is 4. The molecule has 1 atom stereocenters. The zero-order valence-electron chi connectivity index (χ0n) is 10.5. The molecule has 3 nitrogen and oxygen atoms in total. The topological polar surface area (TPSA) is 41.5 Å². The van der Waals surface area contributed by atoms with Crippen LogP contribution in [0.1, 0.15) is 23.4 Å². The van der Waals surface area contributed by atoms with E-state index in [-0.39, 0.29) is 5.75 Å². The zero-order chi connectivity index (χ0) is 13.0. The SMILES string of the molecule is COc1ccc(CNC(C)c2cccs2)cc1O. The van der Waals surface area contributed by atoms with Crippen molar-refractivity contribution in [2.24, 2.45) is 0 Å². The van der Waals surface area contributed by atoms with Gasteiger partial charge in [0.25, 0.3) is 0 Å². The first-order valence-corrected chi connectivity index (χ1v) is 6.71. The van der Waals surface area contributed by atoms with E-state index < -0.39 is 0 Å². The molecule has 2 rings (SSSR count). The third-order valence-electron chi connectivity index (χ3n) is 2.83. The molecule has 0 saturated carbocycles. The molecule has 96 valence electrons. The van der Waals surface area contributed by atoms with E-state index >= 15 is 0 Å². The molecule has 4 heteroatoms. The van der Waals surface area contributed by atoms with Crippen molar-refractivity contribution < 1.29 is 9.84 Å². The van der Waals surface area contributed by atoms with Crippen LogP contribution in [0.5, 0.6) is 11.5 Å². The highest BCUT2D eigenvalue weighted by molar-refractivity contribution is 7.10. The Balaban J connectivity index is 1.96. The Kier molecular flexibility index (Phi) is 4.23. The molecule has 0 aliphatic rings. The van der Waals surface area contributed by atoms with Crippen molar-refractivity contribution in [2.75, 3.05) is 7.11 Å². The Morgan fingerprint density at radius 3 is 2.83 bits per heavy atom. The molecule has 0 bridgehead atoms. The molecule has 0 aliphatic heterocycles. The number of phenols is 1. The predicted octanol–water partition coefficient (Wildman–Crippen LogP) is 3.31. The number of methoxy groups -OCH3 is 1. The van der Waals surface area contributed by atoms with Gasteiger partial charge in [-0.3, -0.25) is 0 Å². The third kappa shape index (κ3) is 3.03. The first-order valence-electron chi connectivity index (χ1n) is 5.83. The van der Waals surface area contributed by atoms with E-state index in [1.165, 1.54) is 4.88 Å². The fourth-order valence-corrected chi connectivity index (χ4v) is 2.51. The Morgan fingerprint density at radius 2 is 2.22 bits per heavy atom. The van der Waals surface area contributed by atoms with E-state index in [0.29, 0.717) is 11.8 Å². The summed E-state index contributed by atoms with van der Waals surface area (Å²) in [6.07, 6.45) is 0. The standard InChI is InChI=1S/C14H17NO2S/c1-10(14-4-3-7-18-14)15-9-11-5-6-13(17-2)12(16)8-11/h3-8,10,15-16H,9H2,1-2H3. The van der Waals surface area contributed by atoms with Gasteiger partial charge in [-0.1, -0.05) is 12.1 Å². The van der Waals surface area contributed by atoms with Crippen molar-refractivity contribution in [3.63, 3.8) is 0 Å². The normalized spacial score (nSPS) is 12.3. The van der Waals surface area contributed by atoms with Crippen LogP contribution in [0.3, 0.4) is 0 Å². The van der Waals surface area contributed by atoms with E-state index in [4.69, 9.17) is 4.74 Å². The van der Waals surface area contributed by atoms with E-state index in [2.05, 4.69) is 29.8 Å². The molecule has 0 aliphatic carbocycles. The molecular weight excluding hydrogens is 246 g/mol. The minimum atomic E-state index is 0.181. The summed E-state index contributed by atoms with van der Waals surface area (Å²) in [5.74, 6) is 0.686. The summed E-state index contributed by atoms with van der Waals surface area (Å²) < 4.78 is 5.02. The number of benzene rings is 1. The van der Waals surface area contributed by atoms with Gasteiger partial charge in [-0.2, -0.15) is 0 Å². The van der Waals surface area contributed by atoms with Gasteiger partial charge in [0.15, 0.2) is 11.5 Å². The molecule has 1 heterocycles. The lowest BCUT2D eigenvalue weighted by atomic mass is 10.2. The van der Waals surface area contributed by atoms with Crippen molar-refractivity contribution in [1.29, 1.82) is 0 Å². The highest BCUT2D eigenvalue weighted by Gasteiger charge is 2.07. The van der Waals surface area contributed by atoms with Crippen molar-refractivity contribution in [3.05, 3.63) is 46.2 Å². The van der Waals surface area contributed by atoms with Gasteiger partial charge in [0, 0.05) is 17.5 Å². The summed E-state index contributed by atoms with van der Waals surface area (Å²) in [5.41, 5.74) is 1.04.